The number of aliphatic imine (C=N–C) groups is 1. The number of benzene rings is 1. The van der Waals surface area contributed by atoms with E-state index >= 15 is 0 Å². The summed E-state index contributed by atoms with van der Waals surface area (Å²) in [5.41, 5.74) is 16.7. The molecule has 0 aromatic heterocycles. The Bertz CT molecular complexity index is 1700. The van der Waals surface area contributed by atoms with Gasteiger partial charge in [-0.1, -0.05) is 37.3 Å². The molecule has 9 atom stereocenters. The van der Waals surface area contributed by atoms with Crippen LogP contribution in [0.15, 0.2) is 35.3 Å². The first kappa shape index (κ1) is 53.2. The highest BCUT2D eigenvalue weighted by Crippen LogP contribution is 2.18. The summed E-state index contributed by atoms with van der Waals surface area (Å²) >= 11 is 0. The maximum Gasteiger partial charge on any atom is 0.322 e. The zero-order valence-electron chi connectivity index (χ0n) is 34.5. The number of Topliss-reactive ketones (excluding diaryl/α,β-unsaturated/α-hetero) is 3. The molecule has 0 aliphatic heterocycles. The fraction of sp³-hybridized carbons (Fsp3) is 0.590. The van der Waals surface area contributed by atoms with Crippen LogP contribution in [0.3, 0.4) is 0 Å². The minimum absolute atomic E-state index is 0.0828. The van der Waals surface area contributed by atoms with Gasteiger partial charge in [-0.15, -0.1) is 0 Å². The number of imide groups is 1. The fourth-order valence-corrected chi connectivity index (χ4v) is 6.04. The summed E-state index contributed by atoms with van der Waals surface area (Å²) in [5, 5.41) is 58.4. The number of amides is 6. The van der Waals surface area contributed by atoms with Crippen molar-refractivity contribution in [2.24, 2.45) is 45.9 Å². The monoisotopic (exact) mass is 864 g/mol. The Morgan fingerprint density at radius 3 is 1.74 bits per heavy atom. The van der Waals surface area contributed by atoms with Gasteiger partial charge in [0, 0.05) is 50.0 Å². The summed E-state index contributed by atoms with van der Waals surface area (Å²) in [4.78, 5) is 119. The Morgan fingerprint density at radius 1 is 0.672 bits per heavy atom. The Hall–Kier alpha value is -5.84. The number of nitrogens with zero attached hydrogens (tertiary/aromatic N) is 1. The van der Waals surface area contributed by atoms with E-state index in [1.165, 1.54) is 6.92 Å². The summed E-state index contributed by atoms with van der Waals surface area (Å²) in [6, 6.07) is 2.43. The zero-order chi connectivity index (χ0) is 46.4. The molecular weight excluding hydrogens is 804 g/mol. The van der Waals surface area contributed by atoms with E-state index in [2.05, 4.69) is 20.9 Å². The molecule has 0 saturated heterocycles. The highest BCUT2D eigenvalue weighted by molar-refractivity contribution is 6.01. The molecule has 0 unspecified atom stereocenters. The molecule has 340 valence electrons. The molecule has 61 heavy (non-hydrogen) atoms. The zero-order valence-corrected chi connectivity index (χ0v) is 34.5. The quantitative estimate of drug-likeness (QED) is 0.0216. The third kappa shape index (κ3) is 19.8. The Kier molecular flexibility index (Phi) is 23.6. The molecule has 22 heteroatoms. The molecule has 1 rings (SSSR count). The second-order valence-corrected chi connectivity index (χ2v) is 14.8. The van der Waals surface area contributed by atoms with Gasteiger partial charge in [0.25, 0.3) is 0 Å². The summed E-state index contributed by atoms with van der Waals surface area (Å²) in [5.74, 6) is -12.6. The molecule has 15 N–H and O–H groups in total. The van der Waals surface area contributed by atoms with E-state index < -0.39 is 152 Å². The lowest BCUT2D eigenvalue weighted by Crippen LogP contribution is -2.54. The molecule has 0 bridgehead atoms. The number of aliphatic hydroxyl groups excluding tert-OH is 4. The summed E-state index contributed by atoms with van der Waals surface area (Å²) in [6.45, 7) is 2.30. The first-order valence-corrected chi connectivity index (χ1v) is 19.6. The molecule has 0 aliphatic rings. The Labute approximate surface area is 352 Å². The van der Waals surface area contributed by atoms with Crippen LogP contribution in [0.25, 0.3) is 0 Å². The number of aliphatic hydroxyl groups is 4. The van der Waals surface area contributed by atoms with E-state index in [1.54, 1.807) is 37.3 Å². The second kappa shape index (κ2) is 27.1. The Balaban J connectivity index is 3.04. The van der Waals surface area contributed by atoms with Crippen molar-refractivity contribution in [3.63, 3.8) is 0 Å². The highest BCUT2D eigenvalue weighted by Gasteiger charge is 2.35. The SMILES string of the molecule is C[C@@H](CCCN=C(N)N)C(=O)N[C@@H](CO)C(=O)C[C@@H](CO)C(=O)N[C@H](C(=O)C[C@@H](CCC(=O)O)C(=O)NC(=O)N[C@H](C(=O)C[C@@H](Cc1ccccc1)C(N)=O)[C@@H](C)O)[C@@H](C)O. The van der Waals surface area contributed by atoms with Gasteiger partial charge in [-0.05, 0) is 45.1 Å². The van der Waals surface area contributed by atoms with Gasteiger partial charge in [0.05, 0.1) is 31.3 Å². The van der Waals surface area contributed by atoms with Crippen LogP contribution in [0.5, 0.6) is 0 Å². The van der Waals surface area contributed by atoms with Crippen LogP contribution < -0.4 is 38.5 Å². The maximum atomic E-state index is 13.5. The van der Waals surface area contributed by atoms with Crippen molar-refractivity contribution >= 4 is 58.9 Å². The molecule has 0 aliphatic carbocycles. The second-order valence-electron chi connectivity index (χ2n) is 14.8. The number of hydrogen-bond acceptors (Lipinski definition) is 14. The molecule has 0 heterocycles. The summed E-state index contributed by atoms with van der Waals surface area (Å²) in [6.07, 6.45) is -5.55. The van der Waals surface area contributed by atoms with Crippen molar-refractivity contribution in [2.75, 3.05) is 19.8 Å². The Morgan fingerprint density at radius 2 is 1.23 bits per heavy atom. The lowest BCUT2D eigenvalue weighted by molar-refractivity contribution is -0.139. The van der Waals surface area contributed by atoms with Crippen molar-refractivity contribution in [3.05, 3.63) is 35.9 Å². The number of primary amides is 1. The fourth-order valence-electron chi connectivity index (χ4n) is 6.04. The summed E-state index contributed by atoms with van der Waals surface area (Å²) < 4.78 is 0. The molecule has 0 fully saturated rings. The average Bonchev–Trinajstić information content (AvgIpc) is 3.19. The van der Waals surface area contributed by atoms with Crippen molar-refractivity contribution in [1.82, 2.24) is 21.3 Å². The number of hydrogen-bond donors (Lipinski definition) is 12. The smallest absolute Gasteiger partial charge is 0.322 e. The van der Waals surface area contributed by atoms with E-state index in [4.69, 9.17) is 17.2 Å². The number of carboxylic acid groups (broad SMARTS) is 1. The van der Waals surface area contributed by atoms with Crippen molar-refractivity contribution < 1.29 is 68.7 Å². The third-order valence-corrected chi connectivity index (χ3v) is 9.64. The number of guanidine groups is 1. The summed E-state index contributed by atoms with van der Waals surface area (Å²) in [7, 11) is 0. The molecule has 22 nitrogen and oxygen atoms in total. The normalized spacial score (nSPS) is 15.5. The highest BCUT2D eigenvalue weighted by atomic mass is 16.4. The van der Waals surface area contributed by atoms with Gasteiger partial charge in [-0.3, -0.25) is 48.7 Å². The molecule has 1 aromatic carbocycles. The molecular formula is C39H60N8O14. The number of nitrogens with one attached hydrogen (secondary N) is 4. The lowest BCUT2D eigenvalue weighted by atomic mass is 9.90. The van der Waals surface area contributed by atoms with Crippen LogP contribution in [0.2, 0.25) is 0 Å². The van der Waals surface area contributed by atoms with E-state index in [0.717, 1.165) is 6.92 Å². The number of carbonyl (C=O) groups is 9. The van der Waals surface area contributed by atoms with Crippen LogP contribution in [0.1, 0.15) is 71.3 Å². The molecule has 1 aromatic rings. The van der Waals surface area contributed by atoms with Crippen LogP contribution in [-0.4, -0.2) is 135 Å². The molecule has 0 saturated carbocycles. The van der Waals surface area contributed by atoms with E-state index in [1.807, 2.05) is 5.32 Å². The number of urea groups is 1. The average molecular weight is 865 g/mol. The molecule has 6 amide bonds. The van der Waals surface area contributed by atoms with Crippen molar-refractivity contribution in [1.29, 1.82) is 0 Å². The van der Waals surface area contributed by atoms with Crippen LogP contribution in [-0.2, 0) is 44.8 Å². The third-order valence-electron chi connectivity index (χ3n) is 9.64. The lowest BCUT2D eigenvalue weighted by Gasteiger charge is -2.26. The number of carboxylic acids is 1. The maximum absolute atomic E-state index is 13.5. The molecule has 0 radical (unpaired) electrons. The van der Waals surface area contributed by atoms with Gasteiger partial charge in [-0.2, -0.15) is 0 Å². The van der Waals surface area contributed by atoms with Crippen molar-refractivity contribution in [3.8, 4) is 0 Å². The first-order valence-electron chi connectivity index (χ1n) is 19.6. The largest absolute Gasteiger partial charge is 0.481 e. The predicted molar refractivity (Wildman–Crippen MR) is 216 cm³/mol. The number of rotatable bonds is 29. The minimum Gasteiger partial charge on any atom is -0.481 e. The minimum atomic E-state index is -1.77. The van der Waals surface area contributed by atoms with Crippen LogP contribution in [0, 0.1) is 23.7 Å². The van der Waals surface area contributed by atoms with Gasteiger partial charge < -0.3 is 58.7 Å². The number of nitrogens with two attached hydrogens (primary N) is 3. The van der Waals surface area contributed by atoms with Gasteiger partial charge in [0.15, 0.2) is 23.3 Å². The standard InChI is InChI=1S/C39H60N8O14/c1-20(8-7-13-43-38(41)42)35(58)44-27(19-49)28(52)17-26(18-48)37(60)45-32(21(2)50)29(53)15-24(11-12-31(55)56)36(59)47-39(61)46-33(22(3)51)30(54)16-25(34(40)57)14-23-9-5-4-6-10-23/h4-6,9-10,20-22,24-27,32-33,48-51H,7-8,11-19H2,1-3H3,(H2,40,57)(H,44,58)(H,45,60)(H,55,56)(H4,41,42,43)(H2,46,47,59,61)/t20-,21+,22+,24+,25+,26-,27-,32-,33-/m0/s1. The van der Waals surface area contributed by atoms with E-state index in [-0.39, 0.29) is 18.9 Å². The van der Waals surface area contributed by atoms with Gasteiger partial charge in [0.1, 0.15) is 18.1 Å². The first-order chi connectivity index (χ1) is 28.6. The van der Waals surface area contributed by atoms with Crippen LogP contribution in [0.4, 0.5) is 4.79 Å². The number of ketones is 3. The topological polar surface area (TPSA) is 393 Å². The van der Waals surface area contributed by atoms with Crippen molar-refractivity contribution in [2.45, 2.75) is 102 Å². The predicted octanol–water partition coefficient (Wildman–Crippen LogP) is -3.09. The number of aliphatic carboxylic acids is 1. The van der Waals surface area contributed by atoms with Gasteiger partial charge in [0.2, 0.25) is 23.6 Å². The number of carbonyl (C=O) groups excluding carboxylic acids is 8. The van der Waals surface area contributed by atoms with Gasteiger partial charge in [-0.25, -0.2) is 4.79 Å². The van der Waals surface area contributed by atoms with E-state index in [9.17, 15) is 68.7 Å². The van der Waals surface area contributed by atoms with Gasteiger partial charge >= 0.3 is 12.0 Å². The van der Waals surface area contributed by atoms with E-state index in [0.29, 0.717) is 18.4 Å². The molecule has 0 spiro atoms. The van der Waals surface area contributed by atoms with Crippen LogP contribution >= 0.6 is 0 Å².